The molecule has 122 valence electrons. The van der Waals surface area contributed by atoms with Crippen molar-refractivity contribution in [2.75, 3.05) is 0 Å². The minimum atomic E-state index is -0.0477. The predicted octanol–water partition coefficient (Wildman–Crippen LogP) is 6.30. The minimum absolute atomic E-state index is 0.0477. The van der Waals surface area contributed by atoms with Crippen LogP contribution >= 0.6 is 0 Å². The molecule has 1 atom stereocenters. The summed E-state index contributed by atoms with van der Waals surface area (Å²) in [6, 6.07) is 0. The van der Waals surface area contributed by atoms with E-state index in [0.29, 0.717) is 5.41 Å². The van der Waals surface area contributed by atoms with Gasteiger partial charge in [0, 0.05) is 0 Å². The summed E-state index contributed by atoms with van der Waals surface area (Å²) in [4.78, 5) is 0. The van der Waals surface area contributed by atoms with Gasteiger partial charge < -0.3 is 4.74 Å². The maximum Gasteiger partial charge on any atom is 0.0800 e. The van der Waals surface area contributed by atoms with Crippen molar-refractivity contribution in [3.05, 3.63) is 23.8 Å². The summed E-state index contributed by atoms with van der Waals surface area (Å²) < 4.78 is 6.34. The van der Waals surface area contributed by atoms with Crippen molar-refractivity contribution in [3.8, 4) is 0 Å². The lowest BCUT2D eigenvalue weighted by Crippen LogP contribution is -2.32. The highest BCUT2D eigenvalue weighted by atomic mass is 16.5. The number of ether oxygens (including phenoxy) is 1. The van der Waals surface area contributed by atoms with Gasteiger partial charge in [0.25, 0.3) is 0 Å². The Morgan fingerprint density at radius 1 is 1.05 bits per heavy atom. The van der Waals surface area contributed by atoms with Crippen molar-refractivity contribution in [3.63, 3.8) is 0 Å². The Hall–Kier alpha value is -0.560. The van der Waals surface area contributed by atoms with Crippen molar-refractivity contribution in [1.82, 2.24) is 0 Å². The summed E-state index contributed by atoms with van der Waals surface area (Å²) in [6.45, 7) is 18.2. The van der Waals surface area contributed by atoms with Gasteiger partial charge in [-0.3, -0.25) is 0 Å². The first-order valence-electron chi connectivity index (χ1n) is 8.52. The van der Waals surface area contributed by atoms with E-state index in [2.05, 4.69) is 73.6 Å². The molecule has 0 aromatic rings. The van der Waals surface area contributed by atoms with Gasteiger partial charge in [-0.05, 0) is 55.9 Å². The lowest BCUT2D eigenvalue weighted by atomic mass is 9.79. The maximum absolute atomic E-state index is 6.34. The zero-order chi connectivity index (χ0) is 16.3. The van der Waals surface area contributed by atoms with Gasteiger partial charge in [0.15, 0.2) is 0 Å². The van der Waals surface area contributed by atoms with Crippen LogP contribution in [0.3, 0.4) is 0 Å². The molecule has 1 aliphatic carbocycles. The Labute approximate surface area is 132 Å². The van der Waals surface area contributed by atoms with Crippen LogP contribution in [-0.2, 0) is 4.74 Å². The molecule has 0 heterocycles. The van der Waals surface area contributed by atoms with Crippen LogP contribution < -0.4 is 0 Å². The van der Waals surface area contributed by atoms with Crippen molar-refractivity contribution in [2.45, 2.75) is 92.8 Å². The molecule has 1 unspecified atom stereocenters. The first kappa shape index (κ1) is 18.5. The molecule has 0 amide bonds. The van der Waals surface area contributed by atoms with Gasteiger partial charge in [0.1, 0.15) is 0 Å². The summed E-state index contributed by atoms with van der Waals surface area (Å²) in [5, 5.41) is 0. The Morgan fingerprint density at radius 3 is 2.10 bits per heavy atom. The number of hydrogen-bond acceptors (Lipinski definition) is 1. The van der Waals surface area contributed by atoms with Crippen LogP contribution in [0.5, 0.6) is 0 Å². The summed E-state index contributed by atoms with van der Waals surface area (Å²) in [5.41, 5.74) is 2.07. The van der Waals surface area contributed by atoms with E-state index < -0.39 is 0 Å². The second-order valence-electron chi connectivity index (χ2n) is 8.97. The molecule has 0 saturated carbocycles. The molecule has 0 bridgehead atoms. The standard InChI is InChI=1S/C20H36O/c1-9-19(5,6)16-10-12-17(13-11-16)21-20(7,8)15-14-18(2,3)4/h10-12,17H,9,13-15H2,1-8H3. The Bertz CT molecular complexity index is 391. The van der Waals surface area contributed by atoms with E-state index in [1.807, 2.05) is 0 Å². The fraction of sp³-hybridized carbons (Fsp3) is 0.800. The molecule has 1 heteroatoms. The van der Waals surface area contributed by atoms with Gasteiger partial charge in [0.05, 0.1) is 11.7 Å². The molecule has 1 rings (SSSR count). The monoisotopic (exact) mass is 292 g/mol. The van der Waals surface area contributed by atoms with Crippen LogP contribution in [0.15, 0.2) is 23.8 Å². The van der Waals surface area contributed by atoms with Gasteiger partial charge in [-0.15, -0.1) is 0 Å². The summed E-state index contributed by atoms with van der Waals surface area (Å²) >= 11 is 0. The third kappa shape index (κ3) is 6.38. The lowest BCUT2D eigenvalue weighted by Gasteiger charge is -2.34. The number of rotatable bonds is 6. The predicted molar refractivity (Wildman–Crippen MR) is 93.6 cm³/mol. The van der Waals surface area contributed by atoms with Crippen molar-refractivity contribution >= 4 is 0 Å². The minimum Gasteiger partial charge on any atom is -0.368 e. The molecule has 0 radical (unpaired) electrons. The normalized spacial score (nSPS) is 20.6. The summed E-state index contributed by atoms with van der Waals surface area (Å²) in [7, 11) is 0. The fourth-order valence-electron chi connectivity index (χ4n) is 2.54. The van der Waals surface area contributed by atoms with Gasteiger partial charge in [0.2, 0.25) is 0 Å². The van der Waals surface area contributed by atoms with Crippen molar-refractivity contribution in [1.29, 1.82) is 0 Å². The topological polar surface area (TPSA) is 9.23 Å². The van der Waals surface area contributed by atoms with E-state index in [9.17, 15) is 0 Å². The first-order valence-corrected chi connectivity index (χ1v) is 8.52. The molecule has 0 aromatic carbocycles. The molecular formula is C20H36O. The zero-order valence-corrected chi connectivity index (χ0v) is 15.5. The van der Waals surface area contributed by atoms with Gasteiger partial charge in [-0.2, -0.15) is 0 Å². The number of hydrogen-bond donors (Lipinski definition) is 0. The highest BCUT2D eigenvalue weighted by molar-refractivity contribution is 5.29. The van der Waals surface area contributed by atoms with E-state index in [0.717, 1.165) is 12.8 Å². The molecule has 1 nitrogen and oxygen atoms in total. The smallest absolute Gasteiger partial charge is 0.0800 e. The van der Waals surface area contributed by atoms with Crippen LogP contribution in [0.2, 0.25) is 0 Å². The molecule has 0 spiro atoms. The van der Waals surface area contributed by atoms with E-state index in [1.54, 1.807) is 0 Å². The Morgan fingerprint density at radius 2 is 1.67 bits per heavy atom. The van der Waals surface area contributed by atoms with E-state index in [1.165, 1.54) is 18.4 Å². The van der Waals surface area contributed by atoms with Crippen LogP contribution in [0, 0.1) is 10.8 Å². The highest BCUT2D eigenvalue weighted by Gasteiger charge is 2.27. The zero-order valence-electron chi connectivity index (χ0n) is 15.5. The maximum atomic E-state index is 6.34. The molecule has 0 saturated heterocycles. The quantitative estimate of drug-likeness (QED) is 0.558. The van der Waals surface area contributed by atoms with E-state index in [4.69, 9.17) is 4.74 Å². The Kier molecular flexibility index (Phi) is 5.89. The van der Waals surface area contributed by atoms with Crippen LogP contribution in [-0.4, -0.2) is 11.7 Å². The second kappa shape index (κ2) is 6.69. The van der Waals surface area contributed by atoms with Gasteiger partial charge in [-0.1, -0.05) is 59.8 Å². The van der Waals surface area contributed by atoms with Crippen LogP contribution in [0.25, 0.3) is 0 Å². The average Bonchev–Trinajstić information content (AvgIpc) is 2.36. The molecule has 21 heavy (non-hydrogen) atoms. The van der Waals surface area contributed by atoms with E-state index >= 15 is 0 Å². The van der Waals surface area contributed by atoms with E-state index in [-0.39, 0.29) is 17.1 Å². The molecule has 0 aromatic heterocycles. The molecule has 0 fully saturated rings. The highest BCUT2D eigenvalue weighted by Crippen LogP contribution is 2.35. The lowest BCUT2D eigenvalue weighted by molar-refractivity contribution is -0.0602. The molecule has 0 aliphatic heterocycles. The van der Waals surface area contributed by atoms with Crippen LogP contribution in [0.4, 0.5) is 0 Å². The third-order valence-corrected chi connectivity index (χ3v) is 4.67. The summed E-state index contributed by atoms with van der Waals surface area (Å²) in [6.07, 6.45) is 11.6. The molecular weight excluding hydrogens is 256 g/mol. The van der Waals surface area contributed by atoms with Crippen molar-refractivity contribution in [2.24, 2.45) is 10.8 Å². The first-order chi connectivity index (χ1) is 9.45. The fourth-order valence-corrected chi connectivity index (χ4v) is 2.54. The summed E-state index contributed by atoms with van der Waals surface area (Å²) in [5.74, 6) is 0. The van der Waals surface area contributed by atoms with Crippen LogP contribution in [0.1, 0.15) is 81.1 Å². The largest absolute Gasteiger partial charge is 0.368 e. The molecule has 1 aliphatic rings. The SMILES string of the molecule is CCC(C)(C)C1=CCC(OC(C)(C)CCC(C)(C)C)C=C1. The van der Waals surface area contributed by atoms with Gasteiger partial charge >= 0.3 is 0 Å². The average molecular weight is 293 g/mol. The Balaban J connectivity index is 2.54. The van der Waals surface area contributed by atoms with Gasteiger partial charge in [-0.25, -0.2) is 0 Å². The van der Waals surface area contributed by atoms with Crippen molar-refractivity contribution < 1.29 is 4.74 Å². The number of allylic oxidation sites excluding steroid dienone is 2. The molecule has 0 N–H and O–H groups in total. The third-order valence-electron chi connectivity index (χ3n) is 4.67. The second-order valence-corrected chi connectivity index (χ2v) is 8.97.